The third kappa shape index (κ3) is 2.75. The van der Waals surface area contributed by atoms with Crippen LogP contribution < -0.4 is 10.6 Å². The third-order valence-electron chi connectivity index (χ3n) is 3.56. The molecule has 2 N–H and O–H groups in total. The van der Waals surface area contributed by atoms with E-state index >= 15 is 0 Å². The molecule has 0 aromatic heterocycles. The van der Waals surface area contributed by atoms with Gasteiger partial charge in [0.2, 0.25) is 5.91 Å². The van der Waals surface area contributed by atoms with Crippen LogP contribution in [0, 0.1) is 25.7 Å². The van der Waals surface area contributed by atoms with Crippen molar-refractivity contribution < 1.29 is 4.79 Å². The van der Waals surface area contributed by atoms with Gasteiger partial charge in [0, 0.05) is 16.7 Å². The van der Waals surface area contributed by atoms with Crippen molar-refractivity contribution in [3.05, 3.63) is 27.7 Å². The van der Waals surface area contributed by atoms with Crippen LogP contribution in [0.3, 0.4) is 0 Å². The van der Waals surface area contributed by atoms with Gasteiger partial charge in [-0.3, -0.25) is 4.79 Å². The van der Waals surface area contributed by atoms with Gasteiger partial charge < -0.3 is 10.6 Å². The molecule has 0 saturated carbocycles. The maximum absolute atomic E-state index is 12.2. The number of hydrogen-bond donors (Lipinski definition) is 2. The van der Waals surface area contributed by atoms with Crippen LogP contribution in [0.15, 0.2) is 16.6 Å². The fourth-order valence-corrected chi connectivity index (χ4v) is 2.64. The standard InChI is InChI=1S/C14H19BrN2O/c1-8-4-11(5-9(2)13(8)15)17-14(18)12-7-16-6-10(12)3/h4-5,10,12,16H,6-7H2,1-3H3,(H,17,18)/t10-,12-/m1/s1. The van der Waals surface area contributed by atoms with Crippen molar-refractivity contribution in [3.63, 3.8) is 0 Å². The Kier molecular flexibility index (Phi) is 4.07. The van der Waals surface area contributed by atoms with Crippen molar-refractivity contribution in [2.45, 2.75) is 20.8 Å². The number of anilines is 1. The molecular formula is C14H19BrN2O. The minimum atomic E-state index is 0.0780. The highest BCUT2D eigenvalue weighted by molar-refractivity contribution is 9.10. The molecule has 98 valence electrons. The summed E-state index contributed by atoms with van der Waals surface area (Å²) in [6.07, 6.45) is 0. The van der Waals surface area contributed by atoms with Gasteiger partial charge in [-0.25, -0.2) is 0 Å². The van der Waals surface area contributed by atoms with Gasteiger partial charge >= 0.3 is 0 Å². The van der Waals surface area contributed by atoms with E-state index < -0.39 is 0 Å². The molecule has 1 aromatic carbocycles. The van der Waals surface area contributed by atoms with Gasteiger partial charge in [0.25, 0.3) is 0 Å². The first-order valence-corrected chi connectivity index (χ1v) is 7.06. The molecule has 18 heavy (non-hydrogen) atoms. The van der Waals surface area contributed by atoms with Crippen molar-refractivity contribution in [1.82, 2.24) is 5.32 Å². The molecule has 2 rings (SSSR count). The van der Waals surface area contributed by atoms with Crippen LogP contribution in [0.1, 0.15) is 18.1 Å². The van der Waals surface area contributed by atoms with Crippen LogP contribution in [0.5, 0.6) is 0 Å². The first kappa shape index (κ1) is 13.6. The van der Waals surface area contributed by atoms with Crippen LogP contribution in [0.25, 0.3) is 0 Å². The summed E-state index contributed by atoms with van der Waals surface area (Å²) in [4.78, 5) is 12.2. The summed E-state index contributed by atoms with van der Waals surface area (Å²) < 4.78 is 1.11. The number of nitrogens with one attached hydrogen (secondary N) is 2. The van der Waals surface area contributed by atoms with E-state index in [2.05, 4.69) is 33.5 Å². The number of benzene rings is 1. The second-order valence-corrected chi connectivity index (χ2v) is 5.95. The van der Waals surface area contributed by atoms with Crippen LogP contribution >= 0.6 is 15.9 Å². The number of rotatable bonds is 2. The molecule has 4 heteroatoms. The molecule has 0 unspecified atom stereocenters. The summed E-state index contributed by atoms with van der Waals surface area (Å²) in [5.74, 6) is 0.602. The van der Waals surface area contributed by atoms with Crippen molar-refractivity contribution in [2.75, 3.05) is 18.4 Å². The Morgan fingerprint density at radius 3 is 2.44 bits per heavy atom. The Balaban J connectivity index is 2.12. The molecule has 1 amide bonds. The van der Waals surface area contributed by atoms with Crippen LogP contribution in [0.2, 0.25) is 0 Å². The van der Waals surface area contributed by atoms with E-state index in [0.29, 0.717) is 5.92 Å². The highest BCUT2D eigenvalue weighted by Crippen LogP contribution is 2.26. The second kappa shape index (κ2) is 5.41. The lowest BCUT2D eigenvalue weighted by molar-refractivity contribution is -0.120. The molecule has 0 aliphatic carbocycles. The quantitative estimate of drug-likeness (QED) is 0.882. The lowest BCUT2D eigenvalue weighted by Crippen LogP contribution is -2.27. The van der Waals surface area contributed by atoms with E-state index in [-0.39, 0.29) is 11.8 Å². The molecule has 0 bridgehead atoms. The molecule has 1 fully saturated rings. The summed E-state index contributed by atoms with van der Waals surface area (Å²) in [5, 5.41) is 6.28. The van der Waals surface area contributed by atoms with Crippen LogP contribution in [-0.2, 0) is 4.79 Å². The van der Waals surface area contributed by atoms with Gasteiger partial charge in [0.1, 0.15) is 0 Å². The molecule has 0 spiro atoms. The maximum Gasteiger partial charge on any atom is 0.229 e. The van der Waals surface area contributed by atoms with Crippen LogP contribution in [0.4, 0.5) is 5.69 Å². The Labute approximate surface area is 116 Å². The molecule has 1 heterocycles. The number of halogens is 1. The van der Waals surface area contributed by atoms with E-state index in [0.717, 1.165) is 34.4 Å². The van der Waals surface area contributed by atoms with Crippen molar-refractivity contribution >= 4 is 27.5 Å². The Morgan fingerprint density at radius 2 is 1.94 bits per heavy atom. The highest BCUT2D eigenvalue weighted by Gasteiger charge is 2.29. The van der Waals surface area contributed by atoms with Gasteiger partial charge in [0.05, 0.1) is 5.92 Å². The van der Waals surface area contributed by atoms with Crippen LogP contribution in [-0.4, -0.2) is 19.0 Å². The zero-order valence-electron chi connectivity index (χ0n) is 11.0. The Bertz CT molecular complexity index is 450. The SMILES string of the molecule is Cc1cc(NC(=O)[C@@H]2CNC[C@H]2C)cc(C)c1Br. The summed E-state index contributed by atoms with van der Waals surface area (Å²) in [7, 11) is 0. The van der Waals surface area contributed by atoms with Crippen molar-refractivity contribution in [3.8, 4) is 0 Å². The number of hydrogen-bond acceptors (Lipinski definition) is 2. The lowest BCUT2D eigenvalue weighted by Gasteiger charge is -2.15. The molecule has 1 aliphatic rings. The van der Waals surface area contributed by atoms with Crippen molar-refractivity contribution in [1.29, 1.82) is 0 Å². The summed E-state index contributed by atoms with van der Waals surface area (Å²) in [6.45, 7) is 7.89. The number of aryl methyl sites for hydroxylation is 2. The summed E-state index contributed by atoms with van der Waals surface area (Å²) in [6, 6.07) is 4.00. The third-order valence-corrected chi connectivity index (χ3v) is 4.81. The summed E-state index contributed by atoms with van der Waals surface area (Å²) >= 11 is 3.53. The molecule has 2 atom stereocenters. The first-order valence-electron chi connectivity index (χ1n) is 6.27. The van der Waals surface area contributed by atoms with Gasteiger partial charge in [-0.15, -0.1) is 0 Å². The lowest BCUT2D eigenvalue weighted by atomic mass is 9.97. The zero-order valence-corrected chi connectivity index (χ0v) is 12.6. The Hall–Kier alpha value is -0.870. The minimum absolute atomic E-state index is 0.0780. The number of amides is 1. The van der Waals surface area contributed by atoms with Gasteiger partial charge in [-0.1, -0.05) is 22.9 Å². The topological polar surface area (TPSA) is 41.1 Å². The van der Waals surface area contributed by atoms with E-state index in [9.17, 15) is 4.79 Å². The molecular weight excluding hydrogens is 292 g/mol. The van der Waals surface area contributed by atoms with Gasteiger partial charge in [0.15, 0.2) is 0 Å². The molecule has 1 aliphatic heterocycles. The average molecular weight is 311 g/mol. The normalized spacial score (nSPS) is 23.1. The Morgan fingerprint density at radius 1 is 1.33 bits per heavy atom. The minimum Gasteiger partial charge on any atom is -0.326 e. The van der Waals surface area contributed by atoms with E-state index in [1.54, 1.807) is 0 Å². The van der Waals surface area contributed by atoms with E-state index in [1.807, 2.05) is 26.0 Å². The summed E-state index contributed by atoms with van der Waals surface area (Å²) in [5.41, 5.74) is 3.17. The number of carbonyl (C=O) groups is 1. The molecule has 1 saturated heterocycles. The predicted octanol–water partition coefficient (Wildman–Crippen LogP) is 2.86. The number of carbonyl (C=O) groups excluding carboxylic acids is 1. The van der Waals surface area contributed by atoms with E-state index in [4.69, 9.17) is 0 Å². The van der Waals surface area contributed by atoms with Gasteiger partial charge in [-0.2, -0.15) is 0 Å². The maximum atomic E-state index is 12.2. The second-order valence-electron chi connectivity index (χ2n) is 5.16. The van der Waals surface area contributed by atoms with E-state index in [1.165, 1.54) is 0 Å². The predicted molar refractivity (Wildman–Crippen MR) is 77.8 cm³/mol. The fraction of sp³-hybridized carbons (Fsp3) is 0.500. The molecule has 1 aromatic rings. The monoisotopic (exact) mass is 310 g/mol. The largest absolute Gasteiger partial charge is 0.326 e. The smallest absolute Gasteiger partial charge is 0.229 e. The molecule has 0 radical (unpaired) electrons. The first-order chi connectivity index (χ1) is 8.49. The fourth-order valence-electron chi connectivity index (χ4n) is 2.41. The highest BCUT2D eigenvalue weighted by atomic mass is 79.9. The van der Waals surface area contributed by atoms with Crippen molar-refractivity contribution in [2.24, 2.45) is 11.8 Å². The molecule has 3 nitrogen and oxygen atoms in total. The van der Waals surface area contributed by atoms with Gasteiger partial charge in [-0.05, 0) is 49.6 Å². The zero-order chi connectivity index (χ0) is 13.3. The average Bonchev–Trinajstić information content (AvgIpc) is 2.72.